The molecule has 0 unspecified atom stereocenters. The molecule has 1 aliphatic carbocycles. The molecule has 11 nitrogen and oxygen atoms in total. The van der Waals surface area contributed by atoms with Gasteiger partial charge in [-0.1, -0.05) is 12.8 Å². The molecule has 2 amide bonds. The van der Waals surface area contributed by atoms with Crippen molar-refractivity contribution in [3.8, 4) is 0 Å². The van der Waals surface area contributed by atoms with Crippen molar-refractivity contribution in [1.82, 2.24) is 15.3 Å². The van der Waals surface area contributed by atoms with Crippen LogP contribution in [0, 0.1) is 11.2 Å². The van der Waals surface area contributed by atoms with E-state index in [0.717, 1.165) is 31.9 Å². The molecule has 3 rings (SSSR count). The van der Waals surface area contributed by atoms with E-state index in [1.807, 2.05) is 0 Å². The number of halogens is 1. The first-order chi connectivity index (χ1) is 17.6. The predicted molar refractivity (Wildman–Crippen MR) is 141 cm³/mol. The molecule has 1 aromatic heterocycles. The van der Waals surface area contributed by atoms with Crippen LogP contribution in [-0.2, 0) is 4.74 Å². The lowest BCUT2D eigenvalue weighted by Crippen LogP contribution is -2.50. The topological polar surface area (TPSA) is 167 Å². The molecule has 1 aromatic carbocycles. The lowest BCUT2D eigenvalue weighted by molar-refractivity contribution is 0.0488. The maximum atomic E-state index is 14.5. The van der Waals surface area contributed by atoms with Gasteiger partial charge in [-0.25, -0.2) is 14.2 Å². The van der Waals surface area contributed by atoms with E-state index in [-0.39, 0.29) is 35.1 Å². The van der Waals surface area contributed by atoms with Gasteiger partial charge in [-0.15, -0.1) is 0 Å². The number of ether oxygens (including phenoxy) is 1. The zero-order valence-electron chi connectivity index (χ0n) is 21.1. The van der Waals surface area contributed by atoms with Crippen molar-refractivity contribution in [1.29, 1.82) is 5.41 Å². The fraction of sp³-hybridized carbons (Fsp3) is 0.400. The predicted octanol–water partition coefficient (Wildman–Crippen LogP) is 4.28. The Morgan fingerprint density at radius 3 is 2.59 bits per heavy atom. The molecule has 7 N–H and O–H groups in total. The summed E-state index contributed by atoms with van der Waals surface area (Å²) in [6.07, 6.45) is 8.18. The van der Waals surface area contributed by atoms with Gasteiger partial charge in [0.15, 0.2) is 0 Å². The zero-order valence-corrected chi connectivity index (χ0v) is 21.1. The number of rotatable bonds is 9. The Morgan fingerprint density at radius 2 is 1.95 bits per heavy atom. The smallest absolute Gasteiger partial charge is 0.407 e. The standard InChI is InChI=1S/C25H33FN8O3/c1-25(2,3)37-24(36)33-20-8-5-4-7-19(20)32-23-30-14-16(21(28)35)22(34-23)31-15-9-10-18(17(26)13-15)29-12-6-11-27/h6,9-14,19-20,27,29H,4-5,7-8H2,1-3H3,(H2,28,35)(H,33,36)(H2,30,31,32,34)/b12-6-,27-11?/t19-,20+/m1/s1. The molecule has 1 saturated carbocycles. The van der Waals surface area contributed by atoms with E-state index in [1.165, 1.54) is 30.6 Å². The molecule has 2 aromatic rings. The van der Waals surface area contributed by atoms with Crippen molar-refractivity contribution >= 4 is 41.4 Å². The molecule has 2 atom stereocenters. The van der Waals surface area contributed by atoms with E-state index in [4.69, 9.17) is 15.9 Å². The second-order valence-electron chi connectivity index (χ2n) is 9.60. The fourth-order valence-electron chi connectivity index (χ4n) is 3.86. The summed E-state index contributed by atoms with van der Waals surface area (Å²) >= 11 is 0. The van der Waals surface area contributed by atoms with Gasteiger partial charge in [0.05, 0.1) is 11.7 Å². The number of amides is 2. The normalized spacial score (nSPS) is 17.6. The Bertz CT molecular complexity index is 1170. The van der Waals surface area contributed by atoms with Crippen LogP contribution in [0.3, 0.4) is 0 Å². The number of nitrogens with zero attached hydrogens (tertiary/aromatic N) is 2. The van der Waals surface area contributed by atoms with Gasteiger partial charge in [0.2, 0.25) is 5.95 Å². The first-order valence-electron chi connectivity index (χ1n) is 12.0. The van der Waals surface area contributed by atoms with Gasteiger partial charge in [0.1, 0.15) is 22.8 Å². The maximum Gasteiger partial charge on any atom is 0.407 e. The summed E-state index contributed by atoms with van der Waals surface area (Å²) in [5, 5.41) is 18.8. The Morgan fingerprint density at radius 1 is 1.22 bits per heavy atom. The summed E-state index contributed by atoms with van der Waals surface area (Å²) in [4.78, 5) is 32.9. The number of allylic oxidation sites excluding steroid dienone is 1. The number of aromatic nitrogens is 2. The van der Waals surface area contributed by atoms with Crippen LogP contribution >= 0.6 is 0 Å². The van der Waals surface area contributed by atoms with E-state index in [9.17, 15) is 14.0 Å². The number of hydrogen-bond acceptors (Lipinski definition) is 9. The summed E-state index contributed by atoms with van der Waals surface area (Å²) < 4.78 is 19.9. The number of nitrogens with two attached hydrogens (primary N) is 1. The van der Waals surface area contributed by atoms with Crippen LogP contribution < -0.4 is 27.0 Å². The minimum atomic E-state index is -0.744. The number of carbonyl (C=O) groups is 2. The lowest BCUT2D eigenvalue weighted by Gasteiger charge is -2.33. The monoisotopic (exact) mass is 512 g/mol. The SMILES string of the molecule is CC(C)(C)OC(=O)N[C@H]1CCCC[C@H]1Nc1ncc(C(N)=O)c(Nc2ccc(N/C=C\C=N)c(F)c2)n1. The van der Waals surface area contributed by atoms with E-state index in [2.05, 4.69) is 31.2 Å². The van der Waals surface area contributed by atoms with Crippen molar-refractivity contribution in [3.05, 3.63) is 48.1 Å². The number of nitrogens with one attached hydrogen (secondary N) is 5. The summed E-state index contributed by atoms with van der Waals surface area (Å²) in [5.74, 6) is -0.954. The van der Waals surface area contributed by atoms with Gasteiger partial charge < -0.3 is 37.1 Å². The number of anilines is 4. The number of benzene rings is 1. The van der Waals surface area contributed by atoms with Gasteiger partial charge in [0.25, 0.3) is 5.91 Å². The van der Waals surface area contributed by atoms with E-state index < -0.39 is 23.4 Å². The third-order valence-electron chi connectivity index (χ3n) is 5.50. The minimum absolute atomic E-state index is 0.0363. The molecule has 1 aliphatic rings. The number of hydrogen-bond donors (Lipinski definition) is 6. The van der Waals surface area contributed by atoms with Crippen LogP contribution in [0.25, 0.3) is 0 Å². The van der Waals surface area contributed by atoms with Crippen molar-refractivity contribution in [3.63, 3.8) is 0 Å². The van der Waals surface area contributed by atoms with Crippen molar-refractivity contribution in [2.24, 2.45) is 5.73 Å². The van der Waals surface area contributed by atoms with Gasteiger partial charge >= 0.3 is 6.09 Å². The highest BCUT2D eigenvalue weighted by Crippen LogP contribution is 2.26. The Balaban J connectivity index is 1.77. The maximum absolute atomic E-state index is 14.5. The van der Waals surface area contributed by atoms with Gasteiger partial charge in [0, 0.05) is 30.3 Å². The van der Waals surface area contributed by atoms with Crippen LogP contribution in [0.4, 0.5) is 32.3 Å². The molecule has 12 heteroatoms. The Hall–Kier alpha value is -4.22. The zero-order chi connectivity index (χ0) is 27.0. The molecule has 1 heterocycles. The second kappa shape index (κ2) is 12.2. The highest BCUT2D eigenvalue weighted by Gasteiger charge is 2.29. The fourth-order valence-corrected chi connectivity index (χ4v) is 3.86. The highest BCUT2D eigenvalue weighted by atomic mass is 19.1. The summed E-state index contributed by atoms with van der Waals surface area (Å²) in [5.41, 5.74) is 5.48. The van der Waals surface area contributed by atoms with Gasteiger partial charge in [-0.2, -0.15) is 4.98 Å². The molecule has 37 heavy (non-hydrogen) atoms. The number of primary amides is 1. The Kier molecular flexibility index (Phi) is 8.99. The molecule has 0 aliphatic heterocycles. The molecule has 0 bridgehead atoms. The first kappa shape index (κ1) is 27.4. The molecular weight excluding hydrogens is 479 g/mol. The van der Waals surface area contributed by atoms with Crippen LogP contribution in [0.5, 0.6) is 0 Å². The van der Waals surface area contributed by atoms with Crippen LogP contribution in [-0.4, -0.2) is 45.9 Å². The van der Waals surface area contributed by atoms with Crippen LogP contribution in [0.1, 0.15) is 56.8 Å². The molecule has 1 fully saturated rings. The summed E-state index contributed by atoms with van der Waals surface area (Å²) in [7, 11) is 0. The quantitative estimate of drug-likeness (QED) is 0.271. The van der Waals surface area contributed by atoms with E-state index in [0.29, 0.717) is 5.69 Å². The highest BCUT2D eigenvalue weighted by molar-refractivity contribution is 5.98. The lowest BCUT2D eigenvalue weighted by atomic mass is 9.90. The van der Waals surface area contributed by atoms with Crippen molar-refractivity contribution in [2.45, 2.75) is 64.1 Å². The van der Waals surface area contributed by atoms with Crippen molar-refractivity contribution in [2.75, 3.05) is 16.0 Å². The Labute approximate surface area is 215 Å². The molecular formula is C25H33FN8O3. The summed E-state index contributed by atoms with van der Waals surface area (Å²) in [6.45, 7) is 5.41. The number of alkyl carbamates (subject to hydrolysis) is 1. The summed E-state index contributed by atoms with van der Waals surface area (Å²) in [6, 6.07) is 3.99. The molecule has 0 spiro atoms. The molecule has 198 valence electrons. The number of carbonyl (C=O) groups excluding carboxylic acids is 2. The van der Waals surface area contributed by atoms with E-state index >= 15 is 0 Å². The van der Waals surface area contributed by atoms with E-state index in [1.54, 1.807) is 26.8 Å². The third-order valence-corrected chi connectivity index (χ3v) is 5.50. The minimum Gasteiger partial charge on any atom is -0.444 e. The van der Waals surface area contributed by atoms with Gasteiger partial charge in [-0.05, 0) is 57.9 Å². The molecule has 0 radical (unpaired) electrons. The third kappa shape index (κ3) is 8.16. The largest absolute Gasteiger partial charge is 0.444 e. The second-order valence-corrected chi connectivity index (χ2v) is 9.60. The first-order valence-corrected chi connectivity index (χ1v) is 12.0. The van der Waals surface area contributed by atoms with Crippen LogP contribution in [0.2, 0.25) is 0 Å². The van der Waals surface area contributed by atoms with Gasteiger partial charge in [-0.3, -0.25) is 4.79 Å². The van der Waals surface area contributed by atoms with Crippen LogP contribution in [0.15, 0.2) is 36.7 Å². The average molecular weight is 513 g/mol. The van der Waals surface area contributed by atoms with Crippen molar-refractivity contribution < 1.29 is 18.7 Å². The average Bonchev–Trinajstić information content (AvgIpc) is 2.80. The molecule has 0 saturated heterocycles.